The molecule has 0 aromatic heterocycles. The Labute approximate surface area is 70.4 Å². The van der Waals surface area contributed by atoms with Crippen LogP contribution in [-0.4, -0.2) is 0 Å². The van der Waals surface area contributed by atoms with Crippen LogP contribution >= 0.6 is 0 Å². The Hall–Kier alpha value is -1.77. The van der Waals surface area contributed by atoms with Gasteiger partial charge in [-0.05, 0) is 0 Å². The fraction of sp³-hybridized carbons (Fsp3) is 0. The molecule has 0 spiro atoms. The Balaban J connectivity index is 3.39. The van der Waals surface area contributed by atoms with Gasteiger partial charge in [0.1, 0.15) is 5.69 Å². The van der Waals surface area contributed by atoms with E-state index >= 15 is 0 Å². The quantitative estimate of drug-likeness (QED) is 0.318. The second kappa shape index (κ2) is 3.31. The van der Waals surface area contributed by atoms with E-state index in [1.165, 1.54) is 5.32 Å². The molecule has 0 aliphatic heterocycles. The number of hydrogen-bond donors (Lipinski definition) is 1. The third-order valence-corrected chi connectivity index (χ3v) is 1.29. The number of hydrogen-bond acceptors (Lipinski definition) is 2. The van der Waals surface area contributed by atoms with Gasteiger partial charge in [-0.25, -0.2) is 17.6 Å². The van der Waals surface area contributed by atoms with Crippen LogP contribution in [0.15, 0.2) is 6.07 Å². The molecule has 0 saturated heterocycles. The fourth-order valence-corrected chi connectivity index (χ4v) is 0.739. The SMILES string of the molecule is N#CNc1c(F)c(F)cc(F)c1F. The van der Waals surface area contributed by atoms with E-state index in [1.807, 2.05) is 0 Å². The van der Waals surface area contributed by atoms with E-state index in [2.05, 4.69) is 0 Å². The molecule has 6 heteroatoms. The first-order chi connectivity index (χ1) is 6.07. The maximum absolute atomic E-state index is 12.6. The maximum atomic E-state index is 12.6. The summed E-state index contributed by atoms with van der Waals surface area (Å²) in [5, 5.41) is 9.51. The Morgan fingerprint density at radius 1 is 1.08 bits per heavy atom. The van der Waals surface area contributed by atoms with Crippen molar-refractivity contribution in [3.63, 3.8) is 0 Å². The summed E-state index contributed by atoms with van der Waals surface area (Å²) in [7, 11) is 0. The van der Waals surface area contributed by atoms with Crippen molar-refractivity contribution in [3.8, 4) is 6.19 Å². The zero-order valence-electron chi connectivity index (χ0n) is 6.04. The molecule has 0 atom stereocenters. The number of benzene rings is 1. The highest BCUT2D eigenvalue weighted by molar-refractivity contribution is 5.49. The van der Waals surface area contributed by atoms with Crippen LogP contribution in [0.5, 0.6) is 0 Å². The van der Waals surface area contributed by atoms with Gasteiger partial charge in [-0.1, -0.05) is 0 Å². The van der Waals surface area contributed by atoms with Crippen molar-refractivity contribution in [2.24, 2.45) is 0 Å². The van der Waals surface area contributed by atoms with Crippen molar-refractivity contribution in [1.29, 1.82) is 5.26 Å². The Bertz CT molecular complexity index is 357. The number of halogens is 4. The van der Waals surface area contributed by atoms with E-state index < -0.39 is 29.0 Å². The monoisotopic (exact) mass is 190 g/mol. The van der Waals surface area contributed by atoms with E-state index in [-0.39, 0.29) is 6.07 Å². The van der Waals surface area contributed by atoms with Gasteiger partial charge < -0.3 is 0 Å². The fourth-order valence-electron chi connectivity index (χ4n) is 0.739. The van der Waals surface area contributed by atoms with Crippen LogP contribution in [0.25, 0.3) is 0 Å². The molecule has 1 N–H and O–H groups in total. The summed E-state index contributed by atoms with van der Waals surface area (Å²) in [6.07, 6.45) is 1.16. The minimum atomic E-state index is -1.62. The second-order valence-electron chi connectivity index (χ2n) is 2.08. The van der Waals surface area contributed by atoms with Crippen LogP contribution < -0.4 is 5.32 Å². The van der Waals surface area contributed by atoms with Gasteiger partial charge in [0.25, 0.3) is 0 Å². The third kappa shape index (κ3) is 1.54. The molecule has 13 heavy (non-hydrogen) atoms. The first-order valence-corrected chi connectivity index (χ1v) is 3.06. The van der Waals surface area contributed by atoms with E-state index in [0.717, 1.165) is 6.19 Å². The molecule has 0 bridgehead atoms. The normalized spacial score (nSPS) is 9.46. The first-order valence-electron chi connectivity index (χ1n) is 3.06. The van der Waals surface area contributed by atoms with Crippen LogP contribution in [-0.2, 0) is 0 Å². The summed E-state index contributed by atoms with van der Waals surface area (Å²) >= 11 is 0. The van der Waals surface area contributed by atoms with Gasteiger partial charge in [-0.2, -0.15) is 5.26 Å². The average Bonchev–Trinajstić information content (AvgIpc) is 2.09. The molecule has 0 saturated carbocycles. The van der Waals surface area contributed by atoms with Crippen LogP contribution in [0.4, 0.5) is 23.2 Å². The van der Waals surface area contributed by atoms with Crippen LogP contribution in [0.2, 0.25) is 0 Å². The second-order valence-corrected chi connectivity index (χ2v) is 2.08. The molecular formula is C7H2F4N2. The molecule has 0 unspecified atom stereocenters. The van der Waals surface area contributed by atoms with E-state index in [0.29, 0.717) is 0 Å². The number of anilines is 1. The van der Waals surface area contributed by atoms with Crippen molar-refractivity contribution in [1.82, 2.24) is 0 Å². The van der Waals surface area contributed by atoms with Crippen molar-refractivity contribution in [3.05, 3.63) is 29.3 Å². The predicted octanol–water partition coefficient (Wildman–Crippen LogP) is 2.14. The predicted molar refractivity (Wildman–Crippen MR) is 35.5 cm³/mol. The third-order valence-electron chi connectivity index (χ3n) is 1.29. The number of nitrogens with zero attached hydrogens (tertiary/aromatic N) is 1. The summed E-state index contributed by atoms with van der Waals surface area (Å²) in [6, 6.07) is 0.0627. The van der Waals surface area contributed by atoms with Crippen molar-refractivity contribution >= 4 is 5.69 Å². The summed E-state index contributed by atoms with van der Waals surface area (Å²) in [5.41, 5.74) is -1.12. The lowest BCUT2D eigenvalue weighted by molar-refractivity contribution is 0.459. The van der Waals surface area contributed by atoms with Gasteiger partial charge in [0.05, 0.1) is 0 Å². The summed E-state index contributed by atoms with van der Waals surface area (Å²) in [6.45, 7) is 0. The topological polar surface area (TPSA) is 35.8 Å². The van der Waals surface area contributed by atoms with Crippen molar-refractivity contribution in [2.75, 3.05) is 5.32 Å². The van der Waals surface area contributed by atoms with E-state index in [9.17, 15) is 17.6 Å². The van der Waals surface area contributed by atoms with Crippen LogP contribution in [0.3, 0.4) is 0 Å². The highest BCUT2D eigenvalue weighted by Crippen LogP contribution is 2.23. The minimum absolute atomic E-state index is 0.0627. The lowest BCUT2D eigenvalue weighted by Gasteiger charge is -2.02. The molecule has 0 aliphatic rings. The average molecular weight is 190 g/mol. The van der Waals surface area contributed by atoms with Gasteiger partial charge in [-0.3, -0.25) is 5.32 Å². The standard InChI is InChI=1S/C7H2F4N2/c8-3-1-4(9)6(11)7(5(3)10)13-2-12/h1,13H. The van der Waals surface area contributed by atoms with E-state index in [1.54, 1.807) is 0 Å². The molecule has 68 valence electrons. The largest absolute Gasteiger partial charge is 0.287 e. The molecule has 0 heterocycles. The zero-order chi connectivity index (χ0) is 10.0. The van der Waals surface area contributed by atoms with Crippen molar-refractivity contribution in [2.45, 2.75) is 0 Å². The Kier molecular flexibility index (Phi) is 2.37. The molecule has 0 aliphatic carbocycles. The number of nitrogens with one attached hydrogen (secondary N) is 1. The molecule has 2 nitrogen and oxygen atoms in total. The zero-order valence-corrected chi connectivity index (χ0v) is 6.04. The molecule has 1 aromatic carbocycles. The summed E-state index contributed by atoms with van der Waals surface area (Å²) in [5.74, 6) is -6.37. The number of rotatable bonds is 1. The number of nitriles is 1. The minimum Gasteiger partial charge on any atom is -0.287 e. The van der Waals surface area contributed by atoms with Gasteiger partial charge >= 0.3 is 0 Å². The van der Waals surface area contributed by atoms with Crippen LogP contribution in [0.1, 0.15) is 0 Å². The lowest BCUT2D eigenvalue weighted by atomic mass is 10.2. The lowest BCUT2D eigenvalue weighted by Crippen LogP contribution is -2.01. The molecule has 1 aromatic rings. The Morgan fingerprint density at radius 2 is 1.54 bits per heavy atom. The molecular weight excluding hydrogens is 188 g/mol. The van der Waals surface area contributed by atoms with Gasteiger partial charge in [-0.15, -0.1) is 0 Å². The molecule has 0 amide bonds. The maximum Gasteiger partial charge on any atom is 0.186 e. The Morgan fingerprint density at radius 3 is 1.92 bits per heavy atom. The summed E-state index contributed by atoms with van der Waals surface area (Å²) < 4.78 is 50.1. The van der Waals surface area contributed by atoms with Gasteiger partial charge in [0.2, 0.25) is 0 Å². The molecule has 0 radical (unpaired) electrons. The highest BCUT2D eigenvalue weighted by atomic mass is 19.2. The van der Waals surface area contributed by atoms with Crippen molar-refractivity contribution < 1.29 is 17.6 Å². The molecule has 1 rings (SSSR count). The van der Waals surface area contributed by atoms with Gasteiger partial charge in [0, 0.05) is 6.07 Å². The summed E-state index contributed by atoms with van der Waals surface area (Å²) in [4.78, 5) is 0. The van der Waals surface area contributed by atoms with Crippen LogP contribution in [0, 0.1) is 34.7 Å². The highest BCUT2D eigenvalue weighted by Gasteiger charge is 2.18. The molecule has 0 fully saturated rings. The van der Waals surface area contributed by atoms with Gasteiger partial charge in [0.15, 0.2) is 29.5 Å². The first kappa shape index (κ1) is 9.32. The smallest absolute Gasteiger partial charge is 0.186 e. The van der Waals surface area contributed by atoms with E-state index in [4.69, 9.17) is 5.26 Å².